The molecule has 1 N–H and O–H groups in total. The van der Waals surface area contributed by atoms with E-state index in [0.717, 1.165) is 19.3 Å². The van der Waals surface area contributed by atoms with Gasteiger partial charge in [-0.2, -0.15) is 0 Å². The van der Waals surface area contributed by atoms with Crippen LogP contribution in [-0.4, -0.2) is 28.5 Å². The predicted molar refractivity (Wildman–Crippen MR) is 97.6 cm³/mol. The molecule has 25 heavy (non-hydrogen) atoms. The van der Waals surface area contributed by atoms with Crippen molar-refractivity contribution < 1.29 is 22.7 Å². The predicted octanol–water partition coefficient (Wildman–Crippen LogP) is 3.29. The lowest BCUT2D eigenvalue weighted by Crippen LogP contribution is -2.39. The minimum atomic E-state index is -4.06. The van der Waals surface area contributed by atoms with Gasteiger partial charge in [-0.05, 0) is 24.5 Å². The molecule has 1 aromatic rings. The molecule has 1 aromatic carbocycles. The topological polar surface area (TPSA) is 81.7 Å². The van der Waals surface area contributed by atoms with Crippen LogP contribution in [0.4, 0.5) is 0 Å². The van der Waals surface area contributed by atoms with E-state index in [9.17, 15) is 13.2 Å². The third kappa shape index (κ3) is 5.63. The first kappa shape index (κ1) is 21.3. The van der Waals surface area contributed by atoms with Crippen LogP contribution in [0.3, 0.4) is 0 Å². The van der Waals surface area contributed by atoms with Crippen LogP contribution in [0, 0.1) is 5.41 Å². The summed E-state index contributed by atoms with van der Waals surface area (Å²) in [6, 6.07) is 3.20. The maximum Gasteiger partial charge on any atom is 0.268 e. The number of rotatable bonds is 8. The summed E-state index contributed by atoms with van der Waals surface area (Å²) in [6.45, 7) is 7.05. The van der Waals surface area contributed by atoms with Crippen molar-refractivity contribution >= 4 is 15.9 Å². The smallest absolute Gasteiger partial charge is 0.268 e. The van der Waals surface area contributed by atoms with Gasteiger partial charge in [-0.25, -0.2) is 13.1 Å². The van der Waals surface area contributed by atoms with Gasteiger partial charge in [0.25, 0.3) is 10.0 Å². The van der Waals surface area contributed by atoms with Crippen LogP contribution in [0.2, 0.25) is 0 Å². The number of hydrogen-bond donors (Lipinski definition) is 1. The summed E-state index contributed by atoms with van der Waals surface area (Å²) in [5.41, 5.74) is -0.242. The van der Waals surface area contributed by atoms with Crippen molar-refractivity contribution in [3.63, 3.8) is 0 Å². The van der Waals surface area contributed by atoms with Gasteiger partial charge in [0.15, 0.2) is 0 Å². The molecular weight excluding hydrogens is 342 g/mol. The average molecular weight is 371 g/mol. The molecule has 0 aliphatic carbocycles. The van der Waals surface area contributed by atoms with Gasteiger partial charge in [0, 0.05) is 11.5 Å². The second-order valence-corrected chi connectivity index (χ2v) is 8.58. The Morgan fingerprint density at radius 2 is 1.76 bits per heavy atom. The fraction of sp³-hybridized carbons (Fsp3) is 0.611. The molecule has 0 fully saturated rings. The van der Waals surface area contributed by atoms with Crippen molar-refractivity contribution in [2.24, 2.45) is 5.41 Å². The van der Waals surface area contributed by atoms with Crippen molar-refractivity contribution in [3.8, 4) is 11.5 Å². The normalized spacial score (nSPS) is 11.9. The standard InChI is InChI=1S/C18H29NO5S/c1-7-8-9-10-13-11-14(23-5)12-15(24-6)16(13)25(21,22)19-17(20)18(2,3)4/h11-12H,7-10H2,1-6H3,(H,19,20). The number of ether oxygens (including phenoxy) is 2. The molecule has 0 aliphatic rings. The summed E-state index contributed by atoms with van der Waals surface area (Å²) in [5.74, 6) is 0.120. The number of amides is 1. The van der Waals surface area contributed by atoms with Crippen molar-refractivity contribution in [3.05, 3.63) is 17.7 Å². The molecule has 1 amide bonds. The highest BCUT2D eigenvalue weighted by molar-refractivity contribution is 7.90. The van der Waals surface area contributed by atoms with Gasteiger partial charge in [0.1, 0.15) is 16.4 Å². The van der Waals surface area contributed by atoms with Crippen LogP contribution in [0.1, 0.15) is 52.5 Å². The molecule has 1 rings (SSSR count). The summed E-state index contributed by atoms with van der Waals surface area (Å²) in [7, 11) is -1.15. The molecule has 0 heterocycles. The zero-order valence-electron chi connectivity index (χ0n) is 15.9. The SMILES string of the molecule is CCCCCc1cc(OC)cc(OC)c1S(=O)(=O)NC(=O)C(C)(C)C. The second kappa shape index (κ2) is 8.56. The molecule has 0 bridgehead atoms. The number of unbranched alkanes of at least 4 members (excludes halogenated alkanes) is 2. The summed E-state index contributed by atoms with van der Waals surface area (Å²) >= 11 is 0. The number of carbonyl (C=O) groups excluding carboxylic acids is 1. The maximum atomic E-state index is 12.9. The van der Waals surface area contributed by atoms with E-state index in [-0.39, 0.29) is 10.6 Å². The third-order valence-electron chi connectivity index (χ3n) is 3.79. The van der Waals surface area contributed by atoms with E-state index in [1.165, 1.54) is 20.3 Å². The zero-order valence-corrected chi connectivity index (χ0v) is 16.7. The van der Waals surface area contributed by atoms with Crippen LogP contribution in [-0.2, 0) is 21.2 Å². The highest BCUT2D eigenvalue weighted by Gasteiger charge is 2.31. The van der Waals surface area contributed by atoms with Gasteiger partial charge in [0.05, 0.1) is 14.2 Å². The number of carbonyl (C=O) groups is 1. The van der Waals surface area contributed by atoms with E-state index >= 15 is 0 Å². The number of nitrogens with one attached hydrogen (secondary N) is 1. The van der Waals surface area contributed by atoms with Gasteiger partial charge in [-0.15, -0.1) is 0 Å². The Balaban J connectivity index is 3.40. The summed E-state index contributed by atoms with van der Waals surface area (Å²) in [4.78, 5) is 12.2. The van der Waals surface area contributed by atoms with Crippen molar-refractivity contribution in [2.75, 3.05) is 14.2 Å². The molecule has 0 unspecified atom stereocenters. The molecule has 0 aliphatic heterocycles. The fourth-order valence-electron chi connectivity index (χ4n) is 2.28. The van der Waals surface area contributed by atoms with Crippen molar-refractivity contribution in [1.29, 1.82) is 0 Å². The Morgan fingerprint density at radius 1 is 1.12 bits per heavy atom. The molecule has 0 aromatic heterocycles. The van der Waals surface area contributed by atoms with E-state index in [4.69, 9.17) is 9.47 Å². The lowest BCUT2D eigenvalue weighted by atomic mass is 9.96. The van der Waals surface area contributed by atoms with Crippen LogP contribution in [0.15, 0.2) is 17.0 Å². The molecule has 0 saturated heterocycles. The van der Waals surface area contributed by atoms with E-state index in [0.29, 0.717) is 17.7 Å². The first-order valence-electron chi connectivity index (χ1n) is 8.39. The van der Waals surface area contributed by atoms with Crippen LogP contribution in [0.5, 0.6) is 11.5 Å². The van der Waals surface area contributed by atoms with Gasteiger partial charge in [-0.3, -0.25) is 4.79 Å². The largest absolute Gasteiger partial charge is 0.497 e. The Hall–Kier alpha value is -1.76. The van der Waals surface area contributed by atoms with Crippen LogP contribution in [0.25, 0.3) is 0 Å². The number of methoxy groups -OCH3 is 2. The lowest BCUT2D eigenvalue weighted by molar-refractivity contribution is -0.126. The first-order valence-corrected chi connectivity index (χ1v) is 9.87. The number of hydrogen-bond acceptors (Lipinski definition) is 5. The molecule has 0 radical (unpaired) electrons. The van der Waals surface area contributed by atoms with Gasteiger partial charge in [-0.1, -0.05) is 40.5 Å². The minimum absolute atomic E-state index is 0.00417. The molecule has 7 heteroatoms. The molecule has 6 nitrogen and oxygen atoms in total. The van der Waals surface area contributed by atoms with E-state index < -0.39 is 21.3 Å². The Bertz CT molecular complexity index is 705. The summed E-state index contributed by atoms with van der Waals surface area (Å²) in [5, 5.41) is 0. The van der Waals surface area contributed by atoms with Crippen molar-refractivity contribution in [2.45, 2.75) is 58.3 Å². The van der Waals surface area contributed by atoms with Crippen LogP contribution >= 0.6 is 0 Å². The number of benzene rings is 1. The zero-order chi connectivity index (χ0) is 19.3. The number of sulfonamides is 1. The molecule has 0 spiro atoms. The lowest BCUT2D eigenvalue weighted by Gasteiger charge is -2.20. The van der Waals surface area contributed by atoms with Gasteiger partial charge < -0.3 is 9.47 Å². The van der Waals surface area contributed by atoms with E-state index in [1.807, 2.05) is 0 Å². The van der Waals surface area contributed by atoms with E-state index in [2.05, 4.69) is 11.6 Å². The fourth-order valence-corrected chi connectivity index (χ4v) is 3.85. The highest BCUT2D eigenvalue weighted by Crippen LogP contribution is 2.34. The summed E-state index contributed by atoms with van der Waals surface area (Å²) < 4.78 is 38.4. The first-order chi connectivity index (χ1) is 11.6. The van der Waals surface area contributed by atoms with Gasteiger partial charge >= 0.3 is 0 Å². The Labute approximate surface area is 151 Å². The Kier molecular flexibility index (Phi) is 7.29. The van der Waals surface area contributed by atoms with E-state index in [1.54, 1.807) is 26.8 Å². The highest BCUT2D eigenvalue weighted by atomic mass is 32.2. The van der Waals surface area contributed by atoms with Crippen LogP contribution < -0.4 is 14.2 Å². The molecule has 0 saturated carbocycles. The Morgan fingerprint density at radius 3 is 2.24 bits per heavy atom. The maximum absolute atomic E-state index is 12.9. The average Bonchev–Trinajstić information content (AvgIpc) is 2.52. The second-order valence-electron chi connectivity index (χ2n) is 6.96. The third-order valence-corrected chi connectivity index (χ3v) is 5.24. The number of aryl methyl sites for hydroxylation is 1. The van der Waals surface area contributed by atoms with Gasteiger partial charge in [0.2, 0.25) is 5.91 Å². The van der Waals surface area contributed by atoms with Crippen molar-refractivity contribution in [1.82, 2.24) is 4.72 Å². The molecule has 0 atom stereocenters. The monoisotopic (exact) mass is 371 g/mol. The molecule has 142 valence electrons. The summed E-state index contributed by atoms with van der Waals surface area (Å²) in [6.07, 6.45) is 3.39. The quantitative estimate of drug-likeness (QED) is 0.709. The molecular formula is C18H29NO5S. The minimum Gasteiger partial charge on any atom is -0.497 e.